The maximum absolute atomic E-state index is 2.08. The lowest BCUT2D eigenvalue weighted by Gasteiger charge is -1.82. The zero-order valence-corrected chi connectivity index (χ0v) is 15.7. The summed E-state index contributed by atoms with van der Waals surface area (Å²) in [6.45, 7) is 4.17. The first-order valence-electron chi connectivity index (χ1n) is 8.82. The van der Waals surface area contributed by atoms with Gasteiger partial charge in [0, 0.05) is 0 Å². The van der Waals surface area contributed by atoms with Crippen LogP contribution in [-0.2, 0) is 0 Å². The second kappa shape index (κ2) is 15.4. The summed E-state index contributed by atoms with van der Waals surface area (Å²) in [6, 6.07) is 44.5. The monoisotopic (exact) mass is 340 g/mol. The van der Waals surface area contributed by atoms with Gasteiger partial charge >= 0.3 is 0 Å². The molecule has 0 radical (unpaired) electrons. The van der Waals surface area contributed by atoms with E-state index in [2.05, 4.69) is 38.1 Å². The highest BCUT2D eigenvalue weighted by Gasteiger charge is 1.72. The summed E-state index contributed by atoms with van der Waals surface area (Å²) in [5, 5.41) is 0. The Kier molecular flexibility index (Phi) is 12.4. The van der Waals surface area contributed by atoms with Crippen molar-refractivity contribution >= 4 is 0 Å². The molecular formula is C26H28. The summed E-state index contributed by atoms with van der Waals surface area (Å²) in [4.78, 5) is 0. The fourth-order valence-electron chi connectivity index (χ4n) is 1.84. The molecule has 0 spiro atoms. The molecule has 0 nitrogen and oxygen atoms in total. The second-order valence-corrected chi connectivity index (χ2v) is 5.62. The van der Waals surface area contributed by atoms with Crippen LogP contribution in [0.1, 0.15) is 11.1 Å². The van der Waals surface area contributed by atoms with E-state index in [0.29, 0.717) is 0 Å². The van der Waals surface area contributed by atoms with Crippen molar-refractivity contribution in [2.45, 2.75) is 13.8 Å². The Labute approximate surface area is 158 Å². The minimum Gasteiger partial charge on any atom is -0.0623 e. The van der Waals surface area contributed by atoms with Gasteiger partial charge in [-0.05, 0) is 13.8 Å². The molecule has 0 aliphatic heterocycles. The summed E-state index contributed by atoms with van der Waals surface area (Å²) < 4.78 is 0. The van der Waals surface area contributed by atoms with Gasteiger partial charge in [-0.2, -0.15) is 0 Å². The molecule has 0 atom stereocenters. The highest BCUT2D eigenvalue weighted by atomic mass is 13.8. The van der Waals surface area contributed by atoms with Gasteiger partial charge in [-0.25, -0.2) is 0 Å². The van der Waals surface area contributed by atoms with Gasteiger partial charge in [-0.1, -0.05) is 145 Å². The van der Waals surface area contributed by atoms with E-state index in [4.69, 9.17) is 0 Å². The molecule has 0 aliphatic rings. The Morgan fingerprint density at radius 2 is 0.423 bits per heavy atom. The first-order chi connectivity index (χ1) is 12.8. The van der Waals surface area contributed by atoms with Gasteiger partial charge in [-0.15, -0.1) is 0 Å². The SMILES string of the molecule is Cc1ccccc1.Cc1ccccc1.c1ccccc1.c1ccccc1. The van der Waals surface area contributed by atoms with Crippen LogP contribution >= 0.6 is 0 Å². The highest BCUT2D eigenvalue weighted by Crippen LogP contribution is 1.92. The zero-order chi connectivity index (χ0) is 18.7. The first-order valence-corrected chi connectivity index (χ1v) is 8.82. The van der Waals surface area contributed by atoms with Crippen molar-refractivity contribution < 1.29 is 0 Å². The number of hydrogen-bond donors (Lipinski definition) is 0. The summed E-state index contributed by atoms with van der Waals surface area (Å²) in [5.41, 5.74) is 2.64. The van der Waals surface area contributed by atoms with Crippen molar-refractivity contribution in [3.05, 3.63) is 145 Å². The fraction of sp³-hybridized carbons (Fsp3) is 0.0769. The molecule has 0 bridgehead atoms. The van der Waals surface area contributed by atoms with E-state index < -0.39 is 0 Å². The average Bonchev–Trinajstić information content (AvgIpc) is 2.73. The highest BCUT2D eigenvalue weighted by molar-refractivity contribution is 5.12. The Balaban J connectivity index is 0.000000174. The Hall–Kier alpha value is -3.12. The maximum Gasteiger partial charge on any atom is -0.0398 e. The third-order valence-electron chi connectivity index (χ3n) is 3.21. The van der Waals surface area contributed by atoms with Crippen LogP contribution in [0.4, 0.5) is 0 Å². The van der Waals surface area contributed by atoms with Gasteiger partial charge in [0.1, 0.15) is 0 Å². The van der Waals surface area contributed by atoms with Crippen molar-refractivity contribution in [2.75, 3.05) is 0 Å². The topological polar surface area (TPSA) is 0 Å². The molecule has 0 unspecified atom stereocenters. The Bertz CT molecular complexity index is 610. The van der Waals surface area contributed by atoms with E-state index in [1.807, 2.05) is 109 Å². The molecular weight excluding hydrogens is 312 g/mol. The molecule has 4 rings (SSSR count). The number of benzene rings is 4. The predicted octanol–water partition coefficient (Wildman–Crippen LogP) is 7.36. The maximum atomic E-state index is 2.08. The molecule has 0 saturated carbocycles. The molecule has 0 fully saturated rings. The summed E-state index contributed by atoms with van der Waals surface area (Å²) in [5.74, 6) is 0. The van der Waals surface area contributed by atoms with Crippen molar-refractivity contribution in [3.63, 3.8) is 0 Å². The Morgan fingerprint density at radius 3 is 0.538 bits per heavy atom. The number of hydrogen-bond acceptors (Lipinski definition) is 0. The molecule has 0 heteroatoms. The Morgan fingerprint density at radius 1 is 0.269 bits per heavy atom. The van der Waals surface area contributed by atoms with Gasteiger partial charge in [-0.3, -0.25) is 0 Å². The molecule has 0 aliphatic carbocycles. The molecule has 0 heterocycles. The van der Waals surface area contributed by atoms with Gasteiger partial charge < -0.3 is 0 Å². The van der Waals surface area contributed by atoms with Crippen LogP contribution < -0.4 is 0 Å². The van der Waals surface area contributed by atoms with Crippen molar-refractivity contribution in [1.82, 2.24) is 0 Å². The smallest absolute Gasteiger partial charge is 0.0398 e. The quantitative estimate of drug-likeness (QED) is 0.313. The van der Waals surface area contributed by atoms with Crippen LogP contribution in [0.3, 0.4) is 0 Å². The van der Waals surface area contributed by atoms with E-state index in [9.17, 15) is 0 Å². The second-order valence-electron chi connectivity index (χ2n) is 5.62. The number of aryl methyl sites for hydroxylation is 2. The van der Waals surface area contributed by atoms with Crippen LogP contribution in [0.5, 0.6) is 0 Å². The molecule has 26 heavy (non-hydrogen) atoms. The van der Waals surface area contributed by atoms with Crippen LogP contribution in [0.15, 0.2) is 133 Å². The number of rotatable bonds is 0. The first kappa shape index (κ1) is 20.9. The molecule has 0 saturated heterocycles. The van der Waals surface area contributed by atoms with E-state index in [1.165, 1.54) is 11.1 Å². The van der Waals surface area contributed by atoms with E-state index >= 15 is 0 Å². The minimum absolute atomic E-state index is 1.32. The van der Waals surface area contributed by atoms with Gasteiger partial charge in [0.2, 0.25) is 0 Å². The van der Waals surface area contributed by atoms with Crippen LogP contribution in [0.2, 0.25) is 0 Å². The molecule has 4 aromatic carbocycles. The third kappa shape index (κ3) is 13.3. The lowest BCUT2D eigenvalue weighted by Crippen LogP contribution is -1.62. The van der Waals surface area contributed by atoms with Gasteiger partial charge in [0.15, 0.2) is 0 Å². The standard InChI is InChI=1S/2C7H8.2C6H6/c2*1-7-5-3-2-4-6-7;2*1-2-4-6-5-3-1/h2*2-6H,1H3;2*1-6H. The molecule has 132 valence electrons. The molecule has 0 amide bonds. The van der Waals surface area contributed by atoms with Crippen molar-refractivity contribution in [1.29, 1.82) is 0 Å². The van der Waals surface area contributed by atoms with Crippen LogP contribution in [0, 0.1) is 13.8 Å². The van der Waals surface area contributed by atoms with Gasteiger partial charge in [0.05, 0.1) is 0 Å². The third-order valence-corrected chi connectivity index (χ3v) is 3.21. The summed E-state index contributed by atoms with van der Waals surface area (Å²) in [7, 11) is 0. The predicted molar refractivity (Wildman–Crippen MR) is 115 cm³/mol. The van der Waals surface area contributed by atoms with E-state index in [0.717, 1.165) is 0 Å². The van der Waals surface area contributed by atoms with Crippen molar-refractivity contribution in [3.8, 4) is 0 Å². The van der Waals surface area contributed by atoms with Crippen molar-refractivity contribution in [2.24, 2.45) is 0 Å². The summed E-state index contributed by atoms with van der Waals surface area (Å²) in [6.07, 6.45) is 0. The van der Waals surface area contributed by atoms with E-state index in [-0.39, 0.29) is 0 Å². The molecule has 4 aromatic rings. The lowest BCUT2D eigenvalue weighted by atomic mass is 10.2. The lowest BCUT2D eigenvalue weighted by molar-refractivity contribution is 1.48. The summed E-state index contributed by atoms with van der Waals surface area (Å²) >= 11 is 0. The average molecular weight is 341 g/mol. The van der Waals surface area contributed by atoms with Crippen LogP contribution in [0.25, 0.3) is 0 Å². The molecule has 0 N–H and O–H groups in total. The zero-order valence-electron chi connectivity index (χ0n) is 15.7. The largest absolute Gasteiger partial charge is 0.0623 e. The fourth-order valence-corrected chi connectivity index (χ4v) is 1.84. The van der Waals surface area contributed by atoms with Gasteiger partial charge in [0.25, 0.3) is 0 Å². The molecule has 0 aromatic heterocycles. The van der Waals surface area contributed by atoms with E-state index in [1.54, 1.807) is 0 Å². The minimum atomic E-state index is 1.32. The van der Waals surface area contributed by atoms with Crippen LogP contribution in [-0.4, -0.2) is 0 Å². The normalized spacial score (nSPS) is 8.38.